The Morgan fingerprint density at radius 2 is 0.929 bits per heavy atom. The van der Waals surface area contributed by atoms with E-state index in [1.807, 2.05) is 0 Å². The summed E-state index contributed by atoms with van der Waals surface area (Å²) in [6.07, 6.45) is 9.92. The minimum absolute atomic E-state index is 0. The fraction of sp³-hybridized carbons (Fsp3) is 0.700. The smallest absolute Gasteiger partial charge is 0.0233 e. The summed E-state index contributed by atoms with van der Waals surface area (Å²) in [5.74, 6) is 0. The highest BCUT2D eigenvalue weighted by Crippen LogP contribution is 2.11. The van der Waals surface area contributed by atoms with Gasteiger partial charge >= 0.3 is 0 Å². The lowest BCUT2D eigenvalue weighted by molar-refractivity contribution is 0.252. The zero-order chi connectivity index (χ0) is 17.5. The quantitative estimate of drug-likeness (QED) is 0.319. The molecule has 0 aromatic heterocycles. The summed E-state index contributed by atoms with van der Waals surface area (Å²) >= 11 is 0. The van der Waals surface area contributed by atoms with Crippen molar-refractivity contribution in [1.29, 1.82) is 0 Å². The third-order valence-electron chi connectivity index (χ3n) is 4.52. The van der Waals surface area contributed by atoms with E-state index < -0.39 is 0 Å². The molecule has 0 radical (unpaired) electrons. The van der Waals surface area contributed by atoms with E-state index in [9.17, 15) is 0 Å². The van der Waals surface area contributed by atoms with E-state index in [2.05, 4.69) is 29.2 Å². The van der Waals surface area contributed by atoms with Crippen LogP contribution in [0, 0.1) is 0 Å². The maximum atomic E-state index is 5.68. The van der Waals surface area contributed by atoms with E-state index in [0.717, 1.165) is 32.5 Å². The molecule has 0 aliphatic heterocycles. The van der Waals surface area contributed by atoms with Crippen LogP contribution in [0.1, 0.15) is 62.5 Å². The van der Waals surface area contributed by atoms with E-state index in [4.69, 9.17) is 17.2 Å². The molecule has 170 valence electrons. The lowest BCUT2D eigenvalue weighted by atomic mass is 10.1. The van der Waals surface area contributed by atoms with Crippen LogP contribution in [-0.4, -0.2) is 31.1 Å². The molecule has 0 aliphatic rings. The molecule has 4 nitrogen and oxygen atoms in total. The van der Waals surface area contributed by atoms with Crippen molar-refractivity contribution < 1.29 is 0 Å². The van der Waals surface area contributed by atoms with Crippen molar-refractivity contribution >= 4 is 49.6 Å². The number of hydrogen-bond acceptors (Lipinski definition) is 4. The highest BCUT2D eigenvalue weighted by molar-refractivity contribution is 5.86. The second-order valence-electron chi connectivity index (χ2n) is 6.70. The van der Waals surface area contributed by atoms with Gasteiger partial charge in [0.25, 0.3) is 0 Å². The molecule has 0 saturated heterocycles. The Labute approximate surface area is 197 Å². The molecule has 0 unspecified atom stereocenters. The minimum Gasteiger partial charge on any atom is -0.330 e. The first kappa shape index (κ1) is 35.6. The SMILES string of the molecule is Cl.Cl.Cl.Cl.NCCCCCCN(CCCCCCN)Cc1ccc(CN)cc1. The number of rotatable bonds is 15. The van der Waals surface area contributed by atoms with Gasteiger partial charge in [0.15, 0.2) is 0 Å². The maximum absolute atomic E-state index is 5.68. The van der Waals surface area contributed by atoms with Gasteiger partial charge in [0.05, 0.1) is 0 Å². The molecular weight excluding hydrogens is 438 g/mol. The summed E-state index contributed by atoms with van der Waals surface area (Å²) in [5, 5.41) is 0. The van der Waals surface area contributed by atoms with Crippen LogP contribution < -0.4 is 17.2 Å². The standard InChI is InChI=1S/C20H38N4.4ClH/c21-13-5-1-3-7-15-24(16-8-4-2-6-14-22)18-20-11-9-19(17-23)10-12-20;;;;/h9-12H,1-8,13-18,21-23H2;4*1H. The summed E-state index contributed by atoms with van der Waals surface area (Å²) in [4.78, 5) is 2.60. The van der Waals surface area contributed by atoms with E-state index in [-0.39, 0.29) is 49.6 Å². The van der Waals surface area contributed by atoms with Crippen molar-refractivity contribution in [2.24, 2.45) is 17.2 Å². The Morgan fingerprint density at radius 1 is 0.536 bits per heavy atom. The molecule has 0 spiro atoms. The summed E-state index contributed by atoms with van der Waals surface area (Å²) in [7, 11) is 0. The Bertz CT molecular complexity index is 394. The van der Waals surface area contributed by atoms with Crippen LogP contribution in [-0.2, 0) is 13.1 Å². The lowest BCUT2D eigenvalue weighted by Crippen LogP contribution is -2.25. The number of nitrogens with zero attached hydrogens (tertiary/aromatic N) is 1. The van der Waals surface area contributed by atoms with Gasteiger partial charge < -0.3 is 17.2 Å². The maximum Gasteiger partial charge on any atom is 0.0233 e. The average Bonchev–Trinajstić information content (AvgIpc) is 2.61. The average molecular weight is 480 g/mol. The normalized spacial score (nSPS) is 9.71. The predicted octanol–water partition coefficient (Wildman–Crippen LogP) is 4.67. The number of nitrogens with two attached hydrogens (primary N) is 3. The second kappa shape index (κ2) is 25.3. The Balaban J connectivity index is -0.000000720. The highest BCUT2D eigenvalue weighted by atomic mass is 35.5. The molecule has 1 aromatic rings. The first-order valence-corrected chi connectivity index (χ1v) is 9.70. The van der Waals surface area contributed by atoms with Gasteiger partial charge in [-0.25, -0.2) is 0 Å². The summed E-state index contributed by atoms with van der Waals surface area (Å²) in [5.41, 5.74) is 19.4. The van der Waals surface area contributed by atoms with Crippen LogP contribution in [0.2, 0.25) is 0 Å². The third-order valence-corrected chi connectivity index (χ3v) is 4.52. The van der Waals surface area contributed by atoms with Crippen molar-refractivity contribution in [3.8, 4) is 0 Å². The van der Waals surface area contributed by atoms with Gasteiger partial charge in [0.2, 0.25) is 0 Å². The molecule has 28 heavy (non-hydrogen) atoms. The van der Waals surface area contributed by atoms with Crippen LogP contribution in [0.5, 0.6) is 0 Å². The van der Waals surface area contributed by atoms with E-state index in [1.165, 1.54) is 62.7 Å². The largest absolute Gasteiger partial charge is 0.330 e. The first-order chi connectivity index (χ1) is 11.8. The molecule has 0 heterocycles. The summed E-state index contributed by atoms with van der Waals surface area (Å²) in [6.45, 7) is 5.65. The van der Waals surface area contributed by atoms with E-state index in [1.54, 1.807) is 0 Å². The third kappa shape index (κ3) is 18.3. The summed E-state index contributed by atoms with van der Waals surface area (Å²) < 4.78 is 0. The highest BCUT2D eigenvalue weighted by Gasteiger charge is 2.06. The zero-order valence-electron chi connectivity index (χ0n) is 17.0. The number of hydrogen-bond donors (Lipinski definition) is 3. The fourth-order valence-electron chi connectivity index (χ4n) is 2.98. The van der Waals surface area contributed by atoms with Crippen molar-refractivity contribution in [2.45, 2.75) is 64.5 Å². The van der Waals surface area contributed by atoms with Crippen molar-refractivity contribution in [1.82, 2.24) is 4.90 Å². The predicted molar refractivity (Wildman–Crippen MR) is 134 cm³/mol. The van der Waals surface area contributed by atoms with Crippen LogP contribution >= 0.6 is 49.6 Å². The number of unbranched alkanes of at least 4 members (excludes halogenated alkanes) is 6. The lowest BCUT2D eigenvalue weighted by Gasteiger charge is -2.22. The van der Waals surface area contributed by atoms with Crippen LogP contribution in [0.15, 0.2) is 24.3 Å². The van der Waals surface area contributed by atoms with Crippen LogP contribution in [0.3, 0.4) is 0 Å². The van der Waals surface area contributed by atoms with Gasteiger partial charge in [-0.1, -0.05) is 49.9 Å². The van der Waals surface area contributed by atoms with Gasteiger partial charge in [0, 0.05) is 13.1 Å². The van der Waals surface area contributed by atoms with Crippen molar-refractivity contribution in [2.75, 3.05) is 26.2 Å². The molecular formula is C20H42Cl4N4. The molecule has 0 bridgehead atoms. The summed E-state index contributed by atoms with van der Waals surface area (Å²) in [6, 6.07) is 8.74. The molecule has 0 aliphatic carbocycles. The molecule has 0 saturated carbocycles. The molecule has 0 fully saturated rings. The van der Waals surface area contributed by atoms with Gasteiger partial charge in [0.1, 0.15) is 0 Å². The molecule has 1 rings (SSSR count). The van der Waals surface area contributed by atoms with Crippen molar-refractivity contribution in [3.63, 3.8) is 0 Å². The Morgan fingerprint density at radius 3 is 1.32 bits per heavy atom. The second-order valence-corrected chi connectivity index (χ2v) is 6.70. The van der Waals surface area contributed by atoms with Gasteiger partial charge in [-0.15, -0.1) is 49.6 Å². The molecule has 6 N–H and O–H groups in total. The molecule has 0 atom stereocenters. The zero-order valence-corrected chi connectivity index (χ0v) is 20.3. The van der Waals surface area contributed by atoms with Gasteiger partial charge in [-0.3, -0.25) is 4.90 Å². The molecule has 0 amide bonds. The fourth-order valence-corrected chi connectivity index (χ4v) is 2.98. The minimum atomic E-state index is 0. The first-order valence-electron chi connectivity index (χ1n) is 9.70. The van der Waals surface area contributed by atoms with E-state index in [0.29, 0.717) is 6.54 Å². The monoisotopic (exact) mass is 478 g/mol. The van der Waals surface area contributed by atoms with E-state index >= 15 is 0 Å². The van der Waals surface area contributed by atoms with Gasteiger partial charge in [-0.2, -0.15) is 0 Å². The number of halogens is 4. The van der Waals surface area contributed by atoms with Crippen LogP contribution in [0.25, 0.3) is 0 Å². The topological polar surface area (TPSA) is 81.3 Å². The molecule has 1 aromatic carbocycles. The Hall–Kier alpha value is 0.220. The van der Waals surface area contributed by atoms with Gasteiger partial charge in [-0.05, 0) is 63.0 Å². The van der Waals surface area contributed by atoms with Crippen LogP contribution in [0.4, 0.5) is 0 Å². The Kier molecular flexibility index (Phi) is 32.2. The number of benzene rings is 1. The molecule has 8 heteroatoms. The van der Waals surface area contributed by atoms with Crippen molar-refractivity contribution in [3.05, 3.63) is 35.4 Å².